The van der Waals surface area contributed by atoms with Gasteiger partial charge < -0.3 is 14.5 Å². The van der Waals surface area contributed by atoms with Crippen molar-refractivity contribution >= 4 is 34.6 Å². The molecule has 0 aliphatic heterocycles. The van der Waals surface area contributed by atoms with Crippen molar-refractivity contribution in [2.24, 2.45) is 0 Å². The van der Waals surface area contributed by atoms with E-state index in [1.165, 1.54) is 14.0 Å². The monoisotopic (exact) mass is 325 g/mol. The largest absolute Gasteiger partial charge is 0.496 e. The Morgan fingerprint density at radius 3 is 2.67 bits per heavy atom. The average Bonchev–Trinajstić information content (AvgIpc) is 2.95. The predicted octanol–water partition coefficient (Wildman–Crippen LogP) is 3.05. The van der Waals surface area contributed by atoms with E-state index in [4.69, 9.17) is 9.15 Å². The molecule has 0 atom stereocenters. The van der Waals surface area contributed by atoms with Gasteiger partial charge in [-0.1, -0.05) is 12.1 Å². The summed E-state index contributed by atoms with van der Waals surface area (Å²) >= 11 is 0. The Kier molecular flexibility index (Phi) is 4.15. The number of carbonyl (C=O) groups is 2. The molecular weight excluding hydrogens is 310 g/mol. The van der Waals surface area contributed by atoms with Gasteiger partial charge in [-0.15, -0.1) is 0 Å². The van der Waals surface area contributed by atoms with E-state index in [9.17, 15) is 9.59 Å². The molecule has 0 radical (unpaired) electrons. The lowest BCUT2D eigenvalue weighted by Gasteiger charge is -2.06. The number of anilines is 2. The fourth-order valence-electron chi connectivity index (χ4n) is 2.26. The standard InChI is InChI=1S/C17H15N3O4/c1-10(21)18-11-7-8-13-15(9-11)24-17(19-13)20-16(22)12-5-3-4-6-14(12)23-2/h3-9H,1-2H3,(H,18,21)(H,19,20,22). The summed E-state index contributed by atoms with van der Waals surface area (Å²) in [5, 5.41) is 5.26. The Morgan fingerprint density at radius 2 is 1.92 bits per heavy atom. The van der Waals surface area contributed by atoms with Crippen molar-refractivity contribution in [3.63, 3.8) is 0 Å². The van der Waals surface area contributed by atoms with E-state index >= 15 is 0 Å². The number of nitrogens with zero attached hydrogens (tertiary/aromatic N) is 1. The van der Waals surface area contributed by atoms with Crippen LogP contribution >= 0.6 is 0 Å². The van der Waals surface area contributed by atoms with Gasteiger partial charge in [-0.2, -0.15) is 4.98 Å². The maximum Gasteiger partial charge on any atom is 0.302 e. The summed E-state index contributed by atoms with van der Waals surface area (Å²) in [5.41, 5.74) is 1.99. The van der Waals surface area contributed by atoms with Gasteiger partial charge in [0.05, 0.1) is 12.7 Å². The molecule has 0 aliphatic carbocycles. The minimum atomic E-state index is -0.388. The van der Waals surface area contributed by atoms with E-state index in [2.05, 4.69) is 15.6 Å². The highest BCUT2D eigenvalue weighted by Gasteiger charge is 2.15. The van der Waals surface area contributed by atoms with Crippen LogP contribution in [-0.4, -0.2) is 23.9 Å². The molecule has 0 saturated heterocycles. The molecule has 0 aliphatic rings. The number of hydrogen-bond acceptors (Lipinski definition) is 5. The molecule has 0 fully saturated rings. The van der Waals surface area contributed by atoms with Crippen molar-refractivity contribution in [3.05, 3.63) is 48.0 Å². The molecule has 1 heterocycles. The van der Waals surface area contributed by atoms with E-state index in [0.29, 0.717) is 28.1 Å². The number of hydrogen-bond donors (Lipinski definition) is 2. The molecule has 7 nitrogen and oxygen atoms in total. The van der Waals surface area contributed by atoms with Crippen LogP contribution in [0.1, 0.15) is 17.3 Å². The van der Waals surface area contributed by atoms with Gasteiger partial charge in [0.25, 0.3) is 5.91 Å². The number of benzene rings is 2. The van der Waals surface area contributed by atoms with Gasteiger partial charge in [0, 0.05) is 18.7 Å². The van der Waals surface area contributed by atoms with Gasteiger partial charge in [0.1, 0.15) is 11.3 Å². The minimum absolute atomic E-state index is 0.0703. The quantitative estimate of drug-likeness (QED) is 0.769. The molecule has 3 aromatic rings. The van der Waals surface area contributed by atoms with Gasteiger partial charge in [-0.25, -0.2) is 0 Å². The second-order valence-corrected chi connectivity index (χ2v) is 5.04. The van der Waals surface area contributed by atoms with Crippen LogP contribution < -0.4 is 15.4 Å². The summed E-state index contributed by atoms with van der Waals surface area (Å²) in [6.45, 7) is 1.42. The fourth-order valence-corrected chi connectivity index (χ4v) is 2.26. The number of amides is 2. The van der Waals surface area contributed by atoms with Gasteiger partial charge in [-0.05, 0) is 24.3 Å². The Bertz CT molecular complexity index is 917. The van der Waals surface area contributed by atoms with E-state index in [1.54, 1.807) is 42.5 Å². The summed E-state index contributed by atoms with van der Waals surface area (Å²) in [6, 6.07) is 12.0. The molecule has 0 bridgehead atoms. The zero-order valence-electron chi connectivity index (χ0n) is 13.1. The zero-order valence-corrected chi connectivity index (χ0v) is 13.1. The Labute approximate surface area is 137 Å². The Hall–Kier alpha value is -3.35. The van der Waals surface area contributed by atoms with Gasteiger partial charge in [-0.3, -0.25) is 14.9 Å². The minimum Gasteiger partial charge on any atom is -0.496 e. The zero-order chi connectivity index (χ0) is 17.1. The molecule has 7 heteroatoms. The van der Waals surface area contributed by atoms with Gasteiger partial charge in [0.15, 0.2) is 5.58 Å². The number of oxazole rings is 1. The summed E-state index contributed by atoms with van der Waals surface area (Å²) < 4.78 is 10.7. The molecule has 0 unspecified atom stereocenters. The highest BCUT2D eigenvalue weighted by atomic mass is 16.5. The molecule has 1 aromatic heterocycles. The van der Waals surface area contributed by atoms with E-state index in [1.807, 2.05) is 0 Å². The third-order valence-electron chi connectivity index (χ3n) is 3.28. The maximum absolute atomic E-state index is 12.3. The average molecular weight is 325 g/mol. The van der Waals surface area contributed by atoms with Crippen LogP contribution in [0.15, 0.2) is 46.9 Å². The number of fused-ring (bicyclic) bond motifs is 1. The Balaban J connectivity index is 1.84. The molecule has 2 aromatic carbocycles. The fraction of sp³-hybridized carbons (Fsp3) is 0.118. The Morgan fingerprint density at radius 1 is 1.12 bits per heavy atom. The second kappa shape index (κ2) is 6.41. The number of rotatable bonds is 4. The van der Waals surface area contributed by atoms with Crippen molar-refractivity contribution < 1.29 is 18.7 Å². The topological polar surface area (TPSA) is 93.5 Å². The SMILES string of the molecule is COc1ccccc1C(=O)Nc1nc2ccc(NC(C)=O)cc2o1. The number of para-hydroxylation sites is 1. The van der Waals surface area contributed by atoms with E-state index < -0.39 is 0 Å². The molecule has 0 saturated carbocycles. The maximum atomic E-state index is 12.3. The molecule has 3 rings (SSSR count). The first-order valence-corrected chi connectivity index (χ1v) is 7.19. The van der Waals surface area contributed by atoms with Crippen LogP contribution in [0.5, 0.6) is 5.75 Å². The molecule has 24 heavy (non-hydrogen) atoms. The van der Waals surface area contributed by atoms with Crippen LogP contribution in [0.4, 0.5) is 11.7 Å². The van der Waals surface area contributed by atoms with Crippen LogP contribution in [0.2, 0.25) is 0 Å². The number of aromatic nitrogens is 1. The molecular formula is C17H15N3O4. The molecule has 2 N–H and O–H groups in total. The molecule has 2 amide bonds. The first kappa shape index (κ1) is 15.5. The summed E-state index contributed by atoms with van der Waals surface area (Å²) in [7, 11) is 1.50. The summed E-state index contributed by atoms with van der Waals surface area (Å²) in [5.74, 6) is -0.112. The first-order chi connectivity index (χ1) is 11.6. The highest BCUT2D eigenvalue weighted by Crippen LogP contribution is 2.24. The first-order valence-electron chi connectivity index (χ1n) is 7.19. The van der Waals surface area contributed by atoms with Crippen molar-refractivity contribution in [2.45, 2.75) is 6.92 Å². The van der Waals surface area contributed by atoms with Crippen LogP contribution in [0, 0.1) is 0 Å². The predicted molar refractivity (Wildman–Crippen MR) is 89.3 cm³/mol. The lowest BCUT2D eigenvalue weighted by Crippen LogP contribution is -2.13. The lowest BCUT2D eigenvalue weighted by molar-refractivity contribution is -0.114. The van der Waals surface area contributed by atoms with Crippen LogP contribution in [0.25, 0.3) is 11.1 Å². The number of nitrogens with one attached hydrogen (secondary N) is 2. The van der Waals surface area contributed by atoms with Crippen LogP contribution in [0.3, 0.4) is 0 Å². The van der Waals surface area contributed by atoms with E-state index in [-0.39, 0.29) is 17.8 Å². The second-order valence-electron chi connectivity index (χ2n) is 5.04. The van der Waals surface area contributed by atoms with Crippen molar-refractivity contribution in [2.75, 3.05) is 17.7 Å². The van der Waals surface area contributed by atoms with Gasteiger partial charge >= 0.3 is 6.01 Å². The number of carbonyl (C=O) groups excluding carboxylic acids is 2. The number of ether oxygens (including phenoxy) is 1. The van der Waals surface area contributed by atoms with Crippen LogP contribution in [-0.2, 0) is 4.79 Å². The third kappa shape index (κ3) is 3.19. The van der Waals surface area contributed by atoms with E-state index in [0.717, 1.165) is 0 Å². The smallest absolute Gasteiger partial charge is 0.302 e. The van der Waals surface area contributed by atoms with Crippen molar-refractivity contribution in [3.8, 4) is 5.75 Å². The third-order valence-corrected chi connectivity index (χ3v) is 3.28. The van der Waals surface area contributed by atoms with Crippen molar-refractivity contribution in [1.29, 1.82) is 0 Å². The normalized spacial score (nSPS) is 10.4. The van der Waals surface area contributed by atoms with Crippen molar-refractivity contribution in [1.82, 2.24) is 4.98 Å². The van der Waals surface area contributed by atoms with Gasteiger partial charge in [0.2, 0.25) is 5.91 Å². The summed E-state index contributed by atoms with van der Waals surface area (Å²) in [4.78, 5) is 27.6. The lowest BCUT2D eigenvalue weighted by atomic mass is 10.2. The molecule has 0 spiro atoms. The number of methoxy groups -OCH3 is 1. The molecule has 122 valence electrons. The highest BCUT2D eigenvalue weighted by molar-refractivity contribution is 6.05. The summed E-state index contributed by atoms with van der Waals surface area (Å²) in [6.07, 6.45) is 0.